The predicted molar refractivity (Wildman–Crippen MR) is 174 cm³/mol. The summed E-state index contributed by atoms with van der Waals surface area (Å²) in [6.07, 6.45) is 7.62. The number of benzene rings is 1. The molecule has 1 aromatic carbocycles. The minimum atomic E-state index is -1.49. The van der Waals surface area contributed by atoms with Crippen molar-refractivity contribution < 1.29 is 13.5 Å². The van der Waals surface area contributed by atoms with Crippen LogP contribution < -0.4 is 10.1 Å². The van der Waals surface area contributed by atoms with Crippen LogP contribution in [0.15, 0.2) is 71.8 Å². The molecule has 0 aliphatic rings. The maximum absolute atomic E-state index is 14.6. The molecule has 2 unspecified atom stereocenters. The Labute approximate surface area is 246 Å². The lowest BCUT2D eigenvalue weighted by atomic mass is 9.88. The first kappa shape index (κ1) is 35.4. The van der Waals surface area contributed by atoms with Crippen LogP contribution in [0.25, 0.3) is 10.6 Å². The molecule has 1 rings (SSSR count). The molecule has 0 aliphatic heterocycles. The van der Waals surface area contributed by atoms with Gasteiger partial charge in [0, 0.05) is 28.9 Å². The fraction of sp³-hybridized carbons (Fsp3) is 0.500. The van der Waals surface area contributed by atoms with E-state index in [2.05, 4.69) is 37.0 Å². The van der Waals surface area contributed by atoms with Gasteiger partial charge in [-0.25, -0.2) is 8.78 Å². The van der Waals surface area contributed by atoms with Gasteiger partial charge in [0.05, 0.1) is 11.8 Å². The van der Waals surface area contributed by atoms with Crippen molar-refractivity contribution in [3.05, 3.63) is 77.9 Å². The smallest absolute Gasteiger partial charge is 0.143 e. The quantitative estimate of drug-likeness (QED) is 0.149. The number of rotatable bonds is 17. The molecule has 0 heterocycles. The van der Waals surface area contributed by atoms with E-state index in [4.69, 9.17) is 4.74 Å². The minimum Gasteiger partial charge on any atom is -0.490 e. The highest BCUT2D eigenvalue weighted by Gasteiger charge is 2.28. The van der Waals surface area contributed by atoms with Gasteiger partial charge in [-0.2, -0.15) is 0 Å². The van der Waals surface area contributed by atoms with E-state index in [-0.39, 0.29) is 12.0 Å². The first-order chi connectivity index (χ1) is 18.5. The summed E-state index contributed by atoms with van der Waals surface area (Å²) in [5.41, 5.74) is 0.892. The molecule has 222 valence electrons. The first-order valence-corrected chi connectivity index (χ1v) is 14.8. The normalized spacial score (nSPS) is 14.9. The van der Waals surface area contributed by atoms with Crippen molar-refractivity contribution in [2.45, 2.75) is 99.0 Å². The molecule has 0 radical (unpaired) electrons. The van der Waals surface area contributed by atoms with Crippen molar-refractivity contribution in [3.8, 4) is 5.75 Å². The van der Waals surface area contributed by atoms with E-state index in [9.17, 15) is 8.78 Å². The largest absolute Gasteiger partial charge is 0.490 e. The second-order valence-electron chi connectivity index (χ2n) is 11.3. The van der Waals surface area contributed by atoms with Gasteiger partial charge in [-0.15, -0.1) is 0 Å². The van der Waals surface area contributed by atoms with Gasteiger partial charge in [-0.3, -0.25) is 4.99 Å². The van der Waals surface area contributed by atoms with E-state index in [0.717, 1.165) is 39.4 Å². The molecule has 0 spiro atoms. The summed E-state index contributed by atoms with van der Waals surface area (Å²) in [5.74, 6) is 0.548. The van der Waals surface area contributed by atoms with Crippen molar-refractivity contribution in [2.24, 2.45) is 10.9 Å². The van der Waals surface area contributed by atoms with Gasteiger partial charge >= 0.3 is 0 Å². The Morgan fingerprint density at radius 1 is 1.12 bits per heavy atom. The Morgan fingerprint density at radius 2 is 1.75 bits per heavy atom. The summed E-state index contributed by atoms with van der Waals surface area (Å²) in [5, 5.41) is 3.34. The lowest BCUT2D eigenvalue weighted by molar-refractivity contribution is 0.0802. The van der Waals surface area contributed by atoms with Crippen molar-refractivity contribution in [1.82, 2.24) is 5.32 Å². The van der Waals surface area contributed by atoms with Crippen LogP contribution in [0.4, 0.5) is 8.78 Å². The molecule has 6 heteroatoms. The van der Waals surface area contributed by atoms with Crippen LogP contribution >= 0.6 is 11.8 Å². The van der Waals surface area contributed by atoms with E-state index in [1.807, 2.05) is 45.0 Å². The van der Waals surface area contributed by atoms with Gasteiger partial charge < -0.3 is 10.1 Å². The highest BCUT2D eigenvalue weighted by Crippen LogP contribution is 2.36. The van der Waals surface area contributed by atoms with Crippen molar-refractivity contribution in [1.29, 1.82) is 0 Å². The summed E-state index contributed by atoms with van der Waals surface area (Å²) < 4.78 is 35.2. The van der Waals surface area contributed by atoms with Crippen LogP contribution in [0.2, 0.25) is 0 Å². The van der Waals surface area contributed by atoms with Crippen molar-refractivity contribution in [2.75, 3.05) is 6.54 Å². The molecular weight excluding hydrogens is 522 g/mol. The number of ether oxygens (including phenoxy) is 1. The standard InChI is InChI=1S/C34H50F2N2OS/c1-13-16-31(17-23(4)33(9,10)35)39-32-19-29(18-30(20-32)26(7)40-24(5)14-2)25(6)37-21-28(15-3)22-38-27(8)34(11,12)36/h14-15,18-20,22-23,31,37H,3,6-7,13,16-17,21H2,1-2,4-5,8-12H3/b24-14-,28-22+,38-27?. The number of alkyl halides is 2. The topological polar surface area (TPSA) is 33.6 Å². The van der Waals surface area contributed by atoms with Gasteiger partial charge in [-0.05, 0) is 101 Å². The fourth-order valence-electron chi connectivity index (χ4n) is 3.54. The average Bonchev–Trinajstić information content (AvgIpc) is 2.86. The van der Waals surface area contributed by atoms with Gasteiger partial charge in [0.2, 0.25) is 0 Å². The van der Waals surface area contributed by atoms with E-state index >= 15 is 0 Å². The molecule has 0 bridgehead atoms. The molecule has 40 heavy (non-hydrogen) atoms. The van der Waals surface area contributed by atoms with Crippen LogP contribution in [0.3, 0.4) is 0 Å². The lowest BCUT2D eigenvalue weighted by Gasteiger charge is -2.28. The number of nitrogens with one attached hydrogen (secondary N) is 1. The zero-order valence-corrected chi connectivity index (χ0v) is 26.9. The monoisotopic (exact) mass is 572 g/mol. The lowest BCUT2D eigenvalue weighted by Crippen LogP contribution is -2.29. The maximum atomic E-state index is 14.6. The van der Waals surface area contributed by atoms with Gasteiger partial charge in [0.25, 0.3) is 0 Å². The molecule has 3 nitrogen and oxygen atoms in total. The first-order valence-electron chi connectivity index (χ1n) is 14.0. The van der Waals surface area contributed by atoms with Gasteiger partial charge in [0.15, 0.2) is 0 Å². The summed E-state index contributed by atoms with van der Waals surface area (Å²) in [6, 6.07) is 5.99. The zero-order valence-electron chi connectivity index (χ0n) is 26.1. The number of hydrogen-bond donors (Lipinski definition) is 1. The van der Waals surface area contributed by atoms with E-state index in [0.29, 0.717) is 30.1 Å². The van der Waals surface area contributed by atoms with Crippen molar-refractivity contribution >= 4 is 28.1 Å². The Bertz CT molecular complexity index is 1120. The number of halogens is 2. The molecule has 1 aromatic rings. The summed E-state index contributed by atoms with van der Waals surface area (Å²) in [4.78, 5) is 6.31. The average molecular weight is 573 g/mol. The molecule has 0 aliphatic carbocycles. The molecule has 0 fully saturated rings. The van der Waals surface area contributed by atoms with Crippen molar-refractivity contribution in [3.63, 3.8) is 0 Å². The third-order valence-electron chi connectivity index (χ3n) is 7.02. The maximum Gasteiger partial charge on any atom is 0.143 e. The third-order valence-corrected chi connectivity index (χ3v) is 8.06. The number of allylic oxidation sites excluding steroid dienone is 2. The molecule has 2 atom stereocenters. The Morgan fingerprint density at radius 3 is 2.27 bits per heavy atom. The van der Waals surface area contributed by atoms with Gasteiger partial charge in [-0.1, -0.05) is 63.9 Å². The van der Waals surface area contributed by atoms with Crippen LogP contribution in [-0.4, -0.2) is 29.7 Å². The Kier molecular flexibility index (Phi) is 14.2. The fourth-order valence-corrected chi connectivity index (χ4v) is 4.29. The van der Waals surface area contributed by atoms with Crippen LogP contribution in [0, 0.1) is 5.92 Å². The van der Waals surface area contributed by atoms with Crippen LogP contribution in [0.5, 0.6) is 5.75 Å². The summed E-state index contributed by atoms with van der Waals surface area (Å²) >= 11 is 1.60. The van der Waals surface area contributed by atoms with Crippen LogP contribution in [-0.2, 0) is 0 Å². The minimum absolute atomic E-state index is 0.117. The SMILES string of the molecule is C=C/C(=C\N=C(C)C(C)(C)F)CNC(=C)c1cc(OC(CCC)CC(C)C(C)(C)F)cc(C(=C)S/C(C)=C\C)c1. The predicted octanol–water partition coefficient (Wildman–Crippen LogP) is 10.5. The highest BCUT2D eigenvalue weighted by molar-refractivity contribution is 8.11. The number of thioether (sulfide) groups is 1. The highest BCUT2D eigenvalue weighted by atomic mass is 32.2. The van der Waals surface area contributed by atoms with E-state index in [1.165, 1.54) is 13.8 Å². The molecule has 0 aromatic heterocycles. The number of hydrogen-bond acceptors (Lipinski definition) is 4. The van der Waals surface area contributed by atoms with E-state index < -0.39 is 11.3 Å². The summed E-state index contributed by atoms with van der Waals surface area (Å²) in [6.45, 7) is 28.8. The number of nitrogens with zero attached hydrogens (tertiary/aromatic N) is 1. The summed E-state index contributed by atoms with van der Waals surface area (Å²) in [7, 11) is 0. The molecule has 0 saturated carbocycles. The second-order valence-corrected chi connectivity index (χ2v) is 12.7. The van der Waals surface area contributed by atoms with Gasteiger partial charge in [0.1, 0.15) is 17.1 Å². The molecular formula is C34H50F2N2OS. The Balaban J connectivity index is 3.32. The third kappa shape index (κ3) is 12.3. The number of aliphatic imine (C=N–C) groups is 1. The Hall–Kier alpha value is -2.60. The molecule has 1 N–H and O–H groups in total. The molecule has 0 saturated heterocycles. The second kappa shape index (κ2) is 16.0. The van der Waals surface area contributed by atoms with E-state index in [1.54, 1.807) is 44.8 Å². The molecule has 0 amide bonds. The van der Waals surface area contributed by atoms with Crippen LogP contribution in [0.1, 0.15) is 92.7 Å². The zero-order chi connectivity index (χ0) is 30.7.